The summed E-state index contributed by atoms with van der Waals surface area (Å²) >= 11 is 0. The van der Waals surface area contributed by atoms with Crippen molar-refractivity contribution < 1.29 is 9.53 Å². The quantitative estimate of drug-likeness (QED) is 0.615. The van der Waals surface area contributed by atoms with Crippen molar-refractivity contribution in [3.63, 3.8) is 0 Å². The first kappa shape index (κ1) is 20.5. The Hall–Kier alpha value is -3.22. The first-order valence-corrected chi connectivity index (χ1v) is 9.73. The van der Waals surface area contributed by atoms with E-state index in [2.05, 4.69) is 15.1 Å². The molecule has 0 radical (unpaired) electrons. The maximum absolute atomic E-state index is 13.4. The van der Waals surface area contributed by atoms with Crippen molar-refractivity contribution in [3.8, 4) is 17.3 Å². The van der Waals surface area contributed by atoms with Crippen molar-refractivity contribution in [3.05, 3.63) is 59.5 Å². The lowest BCUT2D eigenvalue weighted by molar-refractivity contribution is 0.0647. The SMILES string of the molecule is CCN(C(=O)c1ccc(C)nc1-c1ccn(C)n1)[C@@H](C)COc1ccc(C)cn1. The molecule has 152 valence electrons. The summed E-state index contributed by atoms with van der Waals surface area (Å²) < 4.78 is 7.50. The van der Waals surface area contributed by atoms with Crippen LogP contribution in [-0.4, -0.2) is 49.7 Å². The maximum Gasteiger partial charge on any atom is 0.256 e. The first-order chi connectivity index (χ1) is 13.9. The van der Waals surface area contributed by atoms with E-state index in [0.717, 1.165) is 11.3 Å². The summed E-state index contributed by atoms with van der Waals surface area (Å²) in [5.74, 6) is 0.464. The number of hydrogen-bond donors (Lipinski definition) is 0. The van der Waals surface area contributed by atoms with Crippen molar-refractivity contribution >= 4 is 5.91 Å². The average molecular weight is 393 g/mol. The lowest BCUT2D eigenvalue weighted by atomic mass is 10.1. The minimum atomic E-state index is -0.131. The molecular formula is C22H27N5O2. The Bertz CT molecular complexity index is 981. The smallest absolute Gasteiger partial charge is 0.256 e. The van der Waals surface area contributed by atoms with E-state index >= 15 is 0 Å². The Balaban J connectivity index is 1.81. The fourth-order valence-electron chi connectivity index (χ4n) is 3.11. The highest BCUT2D eigenvalue weighted by molar-refractivity contribution is 5.99. The number of nitrogens with zero attached hydrogens (tertiary/aromatic N) is 5. The van der Waals surface area contributed by atoms with Gasteiger partial charge in [-0.25, -0.2) is 4.98 Å². The zero-order valence-electron chi connectivity index (χ0n) is 17.6. The van der Waals surface area contributed by atoms with Crippen LogP contribution in [0.25, 0.3) is 11.4 Å². The number of carbonyl (C=O) groups excluding carboxylic acids is 1. The zero-order chi connectivity index (χ0) is 21.0. The molecule has 0 spiro atoms. The second kappa shape index (κ2) is 8.86. The topological polar surface area (TPSA) is 73.1 Å². The molecule has 0 fully saturated rings. The number of amides is 1. The van der Waals surface area contributed by atoms with Crippen LogP contribution in [0, 0.1) is 13.8 Å². The third kappa shape index (κ3) is 4.80. The van der Waals surface area contributed by atoms with Crippen LogP contribution < -0.4 is 4.74 Å². The zero-order valence-corrected chi connectivity index (χ0v) is 17.6. The van der Waals surface area contributed by atoms with Crippen LogP contribution in [0.3, 0.4) is 0 Å². The summed E-state index contributed by atoms with van der Waals surface area (Å²) in [6.45, 7) is 8.72. The van der Waals surface area contributed by atoms with Gasteiger partial charge >= 0.3 is 0 Å². The molecule has 7 nitrogen and oxygen atoms in total. The van der Waals surface area contributed by atoms with E-state index in [1.807, 2.05) is 71.3 Å². The molecule has 29 heavy (non-hydrogen) atoms. The summed E-state index contributed by atoms with van der Waals surface area (Å²) in [7, 11) is 1.84. The Kier molecular flexibility index (Phi) is 6.26. The van der Waals surface area contributed by atoms with Gasteiger partial charge in [-0.3, -0.25) is 14.5 Å². The van der Waals surface area contributed by atoms with Crippen molar-refractivity contribution in [1.29, 1.82) is 0 Å². The molecule has 7 heteroatoms. The summed E-state index contributed by atoms with van der Waals surface area (Å²) in [6, 6.07) is 9.20. The van der Waals surface area contributed by atoms with Crippen LogP contribution in [0.5, 0.6) is 5.88 Å². The molecular weight excluding hydrogens is 366 g/mol. The molecule has 1 atom stereocenters. The predicted octanol–water partition coefficient (Wildman–Crippen LogP) is 3.42. The summed E-state index contributed by atoms with van der Waals surface area (Å²) in [4.78, 5) is 24.0. The third-order valence-corrected chi connectivity index (χ3v) is 4.71. The third-order valence-electron chi connectivity index (χ3n) is 4.71. The number of ether oxygens (including phenoxy) is 1. The highest BCUT2D eigenvalue weighted by Gasteiger charge is 2.25. The normalized spacial score (nSPS) is 11.9. The average Bonchev–Trinajstić information content (AvgIpc) is 3.14. The van der Waals surface area contributed by atoms with Crippen molar-refractivity contribution in [2.24, 2.45) is 7.05 Å². The molecule has 3 heterocycles. The number of rotatable bonds is 7. The molecule has 0 saturated carbocycles. The second-order valence-electron chi connectivity index (χ2n) is 7.15. The molecule has 0 aliphatic rings. The Morgan fingerprint density at radius 3 is 2.62 bits per heavy atom. The molecule has 0 N–H and O–H groups in total. The van der Waals surface area contributed by atoms with Crippen molar-refractivity contribution in [2.75, 3.05) is 13.2 Å². The largest absolute Gasteiger partial charge is 0.475 e. The van der Waals surface area contributed by atoms with Gasteiger partial charge in [0.15, 0.2) is 0 Å². The highest BCUT2D eigenvalue weighted by Crippen LogP contribution is 2.23. The number of aromatic nitrogens is 4. The van der Waals surface area contributed by atoms with Crippen LogP contribution in [0.4, 0.5) is 0 Å². The second-order valence-corrected chi connectivity index (χ2v) is 7.15. The van der Waals surface area contributed by atoms with Gasteiger partial charge in [0.2, 0.25) is 5.88 Å². The van der Waals surface area contributed by atoms with Gasteiger partial charge in [-0.15, -0.1) is 0 Å². The maximum atomic E-state index is 13.4. The molecule has 0 aliphatic carbocycles. The van der Waals surface area contributed by atoms with Crippen molar-refractivity contribution in [2.45, 2.75) is 33.7 Å². The molecule has 0 aliphatic heterocycles. The minimum absolute atomic E-state index is 0.0892. The van der Waals surface area contributed by atoms with Gasteiger partial charge in [0.1, 0.15) is 18.0 Å². The number of pyridine rings is 2. The molecule has 3 aromatic heterocycles. The van der Waals surface area contributed by atoms with Gasteiger partial charge < -0.3 is 9.64 Å². The monoisotopic (exact) mass is 393 g/mol. The van der Waals surface area contributed by atoms with Crippen LogP contribution >= 0.6 is 0 Å². The number of hydrogen-bond acceptors (Lipinski definition) is 5. The van der Waals surface area contributed by atoms with E-state index in [1.54, 1.807) is 15.8 Å². The Morgan fingerprint density at radius 2 is 2.00 bits per heavy atom. The van der Waals surface area contributed by atoms with E-state index in [4.69, 9.17) is 4.74 Å². The standard InChI is InChI=1S/C22H27N5O2/c1-6-27(17(4)14-29-20-10-7-15(2)13-23-20)22(28)18-9-8-16(3)24-21(18)19-11-12-26(5)25-19/h7-13,17H,6,14H2,1-5H3/t17-/m0/s1. The Morgan fingerprint density at radius 1 is 1.21 bits per heavy atom. The van der Waals surface area contributed by atoms with Gasteiger partial charge in [-0.2, -0.15) is 5.10 Å². The van der Waals surface area contributed by atoms with Gasteiger partial charge in [0, 0.05) is 37.7 Å². The van der Waals surface area contributed by atoms with Crippen LogP contribution in [0.1, 0.15) is 35.5 Å². The van der Waals surface area contributed by atoms with Crippen LogP contribution in [-0.2, 0) is 7.05 Å². The lowest BCUT2D eigenvalue weighted by Gasteiger charge is -2.28. The van der Waals surface area contributed by atoms with E-state index < -0.39 is 0 Å². The van der Waals surface area contributed by atoms with E-state index in [0.29, 0.717) is 36.0 Å². The predicted molar refractivity (Wildman–Crippen MR) is 112 cm³/mol. The fraction of sp³-hybridized carbons (Fsp3) is 0.364. The van der Waals surface area contributed by atoms with E-state index in [1.165, 1.54) is 0 Å². The van der Waals surface area contributed by atoms with Crippen molar-refractivity contribution in [1.82, 2.24) is 24.6 Å². The highest BCUT2D eigenvalue weighted by atomic mass is 16.5. The van der Waals surface area contributed by atoms with E-state index in [9.17, 15) is 4.79 Å². The Labute approximate surface area is 171 Å². The summed E-state index contributed by atoms with van der Waals surface area (Å²) in [6.07, 6.45) is 3.61. The number of carbonyl (C=O) groups is 1. The molecule has 0 aromatic carbocycles. The van der Waals surface area contributed by atoms with E-state index in [-0.39, 0.29) is 11.9 Å². The molecule has 0 unspecified atom stereocenters. The number of aryl methyl sites for hydroxylation is 3. The summed E-state index contributed by atoms with van der Waals surface area (Å²) in [5.41, 5.74) is 3.74. The van der Waals surface area contributed by atoms with Gasteiger partial charge in [-0.1, -0.05) is 6.07 Å². The van der Waals surface area contributed by atoms with Crippen LogP contribution in [0.2, 0.25) is 0 Å². The fourth-order valence-corrected chi connectivity index (χ4v) is 3.11. The molecule has 3 aromatic rings. The molecule has 3 rings (SSSR count). The van der Waals surface area contributed by atoms with Gasteiger partial charge in [0.05, 0.1) is 11.6 Å². The lowest BCUT2D eigenvalue weighted by Crippen LogP contribution is -2.42. The molecule has 0 bridgehead atoms. The van der Waals surface area contributed by atoms with Gasteiger partial charge in [-0.05, 0) is 51.5 Å². The molecule has 1 amide bonds. The first-order valence-electron chi connectivity index (χ1n) is 9.73. The number of likely N-dealkylation sites (N-methyl/N-ethyl adjacent to an activating group) is 1. The minimum Gasteiger partial charge on any atom is -0.475 e. The molecule has 0 saturated heterocycles. The van der Waals surface area contributed by atoms with Gasteiger partial charge in [0.25, 0.3) is 5.91 Å². The summed E-state index contributed by atoms with van der Waals surface area (Å²) in [5, 5.41) is 4.43. The van der Waals surface area contributed by atoms with Crippen LogP contribution in [0.15, 0.2) is 42.7 Å².